The molecule has 2 saturated carbocycles. The van der Waals surface area contributed by atoms with Crippen LogP contribution in [0, 0.1) is 17.8 Å². The van der Waals surface area contributed by atoms with E-state index in [-0.39, 0.29) is 0 Å². The first-order valence-electron chi connectivity index (χ1n) is 8.05. The molecule has 3 fully saturated rings. The van der Waals surface area contributed by atoms with Crippen molar-refractivity contribution in [3.05, 3.63) is 0 Å². The highest BCUT2D eigenvalue weighted by atomic mass is 32.2. The van der Waals surface area contributed by atoms with Gasteiger partial charge in [-0.05, 0) is 62.8 Å². The maximum Gasteiger partial charge on any atom is 0.281 e. The van der Waals surface area contributed by atoms with Crippen LogP contribution in [-0.4, -0.2) is 49.8 Å². The van der Waals surface area contributed by atoms with Crippen LogP contribution < -0.4 is 5.73 Å². The van der Waals surface area contributed by atoms with E-state index in [1.54, 1.807) is 8.61 Å². The van der Waals surface area contributed by atoms with Crippen LogP contribution >= 0.6 is 0 Å². The number of rotatable bonds is 7. The molecule has 3 rings (SSSR count). The summed E-state index contributed by atoms with van der Waals surface area (Å²) in [7, 11) is -3.24. The van der Waals surface area contributed by atoms with Gasteiger partial charge < -0.3 is 5.73 Å². The van der Waals surface area contributed by atoms with Crippen LogP contribution in [0.4, 0.5) is 0 Å². The molecule has 1 heterocycles. The van der Waals surface area contributed by atoms with Crippen LogP contribution in [0.1, 0.15) is 38.5 Å². The molecule has 0 bridgehead atoms. The van der Waals surface area contributed by atoms with E-state index in [9.17, 15) is 8.42 Å². The Hall–Kier alpha value is -0.170. The Morgan fingerprint density at radius 3 is 1.80 bits per heavy atom. The van der Waals surface area contributed by atoms with Crippen molar-refractivity contribution < 1.29 is 8.42 Å². The summed E-state index contributed by atoms with van der Waals surface area (Å²) >= 11 is 0. The van der Waals surface area contributed by atoms with Crippen molar-refractivity contribution in [2.75, 3.05) is 32.7 Å². The Morgan fingerprint density at radius 2 is 1.40 bits per heavy atom. The molecule has 5 nitrogen and oxygen atoms in total. The van der Waals surface area contributed by atoms with Crippen molar-refractivity contribution in [2.45, 2.75) is 38.5 Å². The van der Waals surface area contributed by atoms with Crippen LogP contribution in [0.5, 0.6) is 0 Å². The minimum Gasteiger partial charge on any atom is -0.330 e. The highest BCUT2D eigenvalue weighted by molar-refractivity contribution is 7.86. The fraction of sp³-hybridized carbons (Fsp3) is 1.00. The van der Waals surface area contributed by atoms with Crippen LogP contribution in [0.25, 0.3) is 0 Å². The van der Waals surface area contributed by atoms with Crippen molar-refractivity contribution >= 4 is 10.2 Å². The largest absolute Gasteiger partial charge is 0.330 e. The van der Waals surface area contributed by atoms with Gasteiger partial charge in [-0.2, -0.15) is 17.0 Å². The predicted molar refractivity (Wildman–Crippen MR) is 79.3 cm³/mol. The second-order valence-corrected chi connectivity index (χ2v) is 8.72. The Labute approximate surface area is 122 Å². The van der Waals surface area contributed by atoms with Crippen molar-refractivity contribution in [2.24, 2.45) is 23.5 Å². The Morgan fingerprint density at radius 1 is 0.900 bits per heavy atom. The van der Waals surface area contributed by atoms with Gasteiger partial charge in [0.05, 0.1) is 0 Å². The normalized spacial score (nSPS) is 26.3. The third-order valence-corrected chi connectivity index (χ3v) is 6.85. The summed E-state index contributed by atoms with van der Waals surface area (Å²) in [4.78, 5) is 0. The zero-order chi connectivity index (χ0) is 14.2. The van der Waals surface area contributed by atoms with Crippen LogP contribution in [0.2, 0.25) is 0 Å². The summed E-state index contributed by atoms with van der Waals surface area (Å²) in [5.41, 5.74) is 5.69. The molecule has 0 unspecified atom stereocenters. The van der Waals surface area contributed by atoms with Crippen LogP contribution in [0.3, 0.4) is 0 Å². The summed E-state index contributed by atoms with van der Waals surface area (Å²) in [6, 6.07) is 0. The molecule has 1 aliphatic heterocycles. The second kappa shape index (κ2) is 5.91. The molecule has 6 heteroatoms. The number of nitrogens with two attached hydrogens (primary N) is 1. The topological polar surface area (TPSA) is 66.6 Å². The SMILES string of the molecule is NCC1CCN(S(=O)(=O)N(CC2CC2)CC2CC2)CC1. The lowest BCUT2D eigenvalue weighted by atomic mass is 9.99. The van der Waals surface area contributed by atoms with E-state index in [4.69, 9.17) is 5.73 Å². The molecule has 2 aliphatic carbocycles. The van der Waals surface area contributed by atoms with Crippen LogP contribution in [-0.2, 0) is 10.2 Å². The first-order chi connectivity index (χ1) is 9.59. The Kier molecular flexibility index (Phi) is 4.36. The minimum atomic E-state index is -3.24. The van der Waals surface area contributed by atoms with E-state index in [2.05, 4.69) is 0 Å². The number of nitrogens with zero attached hydrogens (tertiary/aromatic N) is 2. The molecule has 1 saturated heterocycles. The number of hydrogen-bond acceptors (Lipinski definition) is 3. The van der Waals surface area contributed by atoms with Gasteiger partial charge in [-0.25, -0.2) is 0 Å². The Bertz CT molecular complexity index is 410. The molecule has 0 radical (unpaired) electrons. The molecule has 3 aliphatic rings. The molecule has 20 heavy (non-hydrogen) atoms. The highest BCUT2D eigenvalue weighted by Crippen LogP contribution is 2.35. The van der Waals surface area contributed by atoms with Crippen molar-refractivity contribution in [3.8, 4) is 0 Å². The van der Waals surface area contributed by atoms with Gasteiger partial charge in [0.2, 0.25) is 0 Å². The molecule has 0 amide bonds. The van der Waals surface area contributed by atoms with Gasteiger partial charge in [0.15, 0.2) is 0 Å². The van der Waals surface area contributed by atoms with Gasteiger partial charge in [0, 0.05) is 26.2 Å². The van der Waals surface area contributed by atoms with Crippen LogP contribution in [0.15, 0.2) is 0 Å². The second-order valence-electron chi connectivity index (χ2n) is 6.79. The third kappa shape index (κ3) is 3.53. The fourth-order valence-corrected chi connectivity index (χ4v) is 4.78. The summed E-state index contributed by atoms with van der Waals surface area (Å²) in [5, 5.41) is 0. The Balaban J connectivity index is 1.63. The van der Waals surface area contributed by atoms with Crippen molar-refractivity contribution in [1.29, 1.82) is 0 Å². The van der Waals surface area contributed by atoms with Gasteiger partial charge in [-0.1, -0.05) is 0 Å². The zero-order valence-electron chi connectivity index (χ0n) is 12.2. The molecule has 0 atom stereocenters. The average Bonchev–Trinajstić information content (AvgIpc) is 3.33. The molecule has 0 aromatic carbocycles. The molecule has 0 aromatic heterocycles. The fourth-order valence-electron chi connectivity index (χ4n) is 2.98. The van der Waals surface area contributed by atoms with Gasteiger partial charge in [0.1, 0.15) is 0 Å². The monoisotopic (exact) mass is 301 g/mol. The molecule has 2 N–H and O–H groups in total. The third-order valence-electron chi connectivity index (χ3n) is 4.88. The lowest BCUT2D eigenvalue weighted by molar-refractivity contribution is 0.253. The lowest BCUT2D eigenvalue weighted by Crippen LogP contribution is -2.49. The van der Waals surface area contributed by atoms with E-state index in [1.807, 2.05) is 0 Å². The van der Waals surface area contributed by atoms with E-state index in [0.29, 0.717) is 37.4 Å². The summed E-state index contributed by atoms with van der Waals surface area (Å²) in [5.74, 6) is 1.73. The first kappa shape index (κ1) is 14.8. The molecule has 0 aromatic rings. The van der Waals surface area contributed by atoms with E-state index >= 15 is 0 Å². The smallest absolute Gasteiger partial charge is 0.281 e. The summed E-state index contributed by atoms with van der Waals surface area (Å²) < 4.78 is 29.1. The highest BCUT2D eigenvalue weighted by Gasteiger charge is 2.38. The molecule has 116 valence electrons. The molecular weight excluding hydrogens is 274 g/mol. The van der Waals surface area contributed by atoms with E-state index < -0.39 is 10.2 Å². The van der Waals surface area contributed by atoms with Gasteiger partial charge in [-0.3, -0.25) is 0 Å². The maximum atomic E-state index is 12.8. The van der Waals surface area contributed by atoms with Gasteiger partial charge in [-0.15, -0.1) is 0 Å². The summed E-state index contributed by atoms with van der Waals surface area (Å²) in [6.45, 7) is 3.47. The zero-order valence-corrected chi connectivity index (χ0v) is 13.0. The van der Waals surface area contributed by atoms with Gasteiger partial charge in [0.25, 0.3) is 10.2 Å². The van der Waals surface area contributed by atoms with Gasteiger partial charge >= 0.3 is 0 Å². The number of hydrogen-bond donors (Lipinski definition) is 1. The summed E-state index contributed by atoms with van der Waals surface area (Å²) in [6.07, 6.45) is 6.63. The maximum absolute atomic E-state index is 12.8. The lowest BCUT2D eigenvalue weighted by Gasteiger charge is -2.34. The van der Waals surface area contributed by atoms with E-state index in [1.165, 1.54) is 25.7 Å². The van der Waals surface area contributed by atoms with Crippen molar-refractivity contribution in [1.82, 2.24) is 8.61 Å². The first-order valence-corrected chi connectivity index (χ1v) is 9.44. The minimum absolute atomic E-state index is 0.502. The molecule has 0 spiro atoms. The quantitative estimate of drug-likeness (QED) is 0.763. The predicted octanol–water partition coefficient (Wildman–Crippen LogP) is 1.02. The standard InChI is InChI=1S/C14H27N3O2S/c15-9-12-5-7-16(8-6-12)20(18,19)17(10-13-1-2-13)11-14-3-4-14/h12-14H,1-11,15H2. The van der Waals surface area contributed by atoms with E-state index in [0.717, 1.165) is 25.9 Å². The average molecular weight is 301 g/mol. The molecular formula is C14H27N3O2S. The number of piperidine rings is 1. The van der Waals surface area contributed by atoms with Crippen molar-refractivity contribution in [3.63, 3.8) is 0 Å².